The molecule has 3 aliphatic heterocycles. The maximum Gasteiger partial charge on any atom is 0.319 e. The summed E-state index contributed by atoms with van der Waals surface area (Å²) in [4.78, 5) is 18.9. The summed E-state index contributed by atoms with van der Waals surface area (Å²) >= 11 is 0. The highest BCUT2D eigenvalue weighted by molar-refractivity contribution is 6.01. The number of phenolic OH excluding ortho intramolecular Hbond substituents is 1. The largest absolute Gasteiger partial charge is 0.508 e. The summed E-state index contributed by atoms with van der Waals surface area (Å²) in [6.45, 7) is 4.72. The molecule has 0 unspecified atom stereocenters. The van der Waals surface area contributed by atoms with E-state index in [0.717, 1.165) is 77.5 Å². The maximum absolute atomic E-state index is 16.9. The minimum absolute atomic E-state index is 0.00446. The normalized spacial score (nSPS) is 18.5. The number of benzene rings is 2. The van der Waals surface area contributed by atoms with Crippen LogP contribution in [0, 0.1) is 11.6 Å². The first-order valence-electron chi connectivity index (χ1n) is 16.4. The van der Waals surface area contributed by atoms with Gasteiger partial charge in [-0.05, 0) is 99.0 Å². The van der Waals surface area contributed by atoms with E-state index in [9.17, 15) is 5.11 Å². The summed E-state index contributed by atoms with van der Waals surface area (Å²) < 4.78 is 43.7. The van der Waals surface area contributed by atoms with Gasteiger partial charge in [-0.2, -0.15) is 9.97 Å². The number of phenols is 1. The van der Waals surface area contributed by atoms with E-state index in [1.54, 1.807) is 25.4 Å². The van der Waals surface area contributed by atoms with E-state index in [4.69, 9.17) is 14.5 Å². The molecule has 2 aromatic heterocycles. The number of fused-ring (bicyclic) bond motifs is 3. The van der Waals surface area contributed by atoms with Crippen LogP contribution in [0.3, 0.4) is 0 Å². The lowest BCUT2D eigenvalue weighted by Crippen LogP contribution is -2.43. The summed E-state index contributed by atoms with van der Waals surface area (Å²) in [5, 5.41) is 12.3. The topological polar surface area (TPSA) is 83.8 Å². The Balaban J connectivity index is 1.36. The zero-order valence-corrected chi connectivity index (χ0v) is 26.0. The lowest BCUT2D eigenvalue weighted by atomic mass is 9.93. The number of rotatable bonds is 9. The Morgan fingerprint density at radius 3 is 2.49 bits per heavy atom. The minimum Gasteiger partial charge on any atom is -0.508 e. The molecule has 0 amide bonds. The van der Waals surface area contributed by atoms with Gasteiger partial charge in [-0.3, -0.25) is 9.88 Å². The molecule has 8 nitrogen and oxygen atoms in total. The number of hydrogen-bond donors (Lipinski definition) is 1. The molecule has 45 heavy (non-hydrogen) atoms. The molecule has 10 heteroatoms. The number of pyridine rings is 1. The van der Waals surface area contributed by atoms with Crippen molar-refractivity contribution in [2.75, 3.05) is 51.4 Å². The van der Waals surface area contributed by atoms with Crippen molar-refractivity contribution in [1.82, 2.24) is 19.9 Å². The number of ether oxygens (including phenoxy) is 2. The van der Waals surface area contributed by atoms with E-state index in [-0.39, 0.29) is 34.3 Å². The van der Waals surface area contributed by atoms with E-state index >= 15 is 8.78 Å². The van der Waals surface area contributed by atoms with Crippen LogP contribution >= 0.6 is 0 Å². The van der Waals surface area contributed by atoms with Crippen LogP contribution in [0.1, 0.15) is 63.4 Å². The van der Waals surface area contributed by atoms with Crippen molar-refractivity contribution in [3.05, 3.63) is 47.7 Å². The third kappa shape index (κ3) is 5.67. The summed E-state index contributed by atoms with van der Waals surface area (Å²) in [5.41, 5.74) is 0.872. The first-order valence-corrected chi connectivity index (χ1v) is 16.4. The summed E-state index contributed by atoms with van der Waals surface area (Å²) in [5.74, 6) is -0.451. The van der Waals surface area contributed by atoms with E-state index < -0.39 is 5.82 Å². The van der Waals surface area contributed by atoms with Gasteiger partial charge in [0, 0.05) is 38.6 Å². The molecule has 0 radical (unpaired) electrons. The zero-order valence-electron chi connectivity index (χ0n) is 26.0. The summed E-state index contributed by atoms with van der Waals surface area (Å²) in [6, 6.07) is 6.18. The molecule has 5 heterocycles. The number of anilines is 1. The van der Waals surface area contributed by atoms with E-state index in [0.29, 0.717) is 59.2 Å². The minimum atomic E-state index is -0.642. The van der Waals surface area contributed by atoms with Crippen LogP contribution in [0.4, 0.5) is 14.6 Å². The number of aryl methyl sites for hydroxylation is 1. The van der Waals surface area contributed by atoms with Crippen molar-refractivity contribution in [3.8, 4) is 23.0 Å². The Hall–Kier alpha value is -3.63. The van der Waals surface area contributed by atoms with Gasteiger partial charge in [-0.25, -0.2) is 8.78 Å². The van der Waals surface area contributed by atoms with Crippen molar-refractivity contribution < 1.29 is 23.4 Å². The van der Waals surface area contributed by atoms with Gasteiger partial charge in [-0.1, -0.05) is 18.9 Å². The van der Waals surface area contributed by atoms with E-state index in [1.807, 2.05) is 0 Å². The molecule has 238 valence electrons. The third-order valence-electron chi connectivity index (χ3n) is 10.0. The maximum atomic E-state index is 16.9. The molecule has 0 atom stereocenters. The van der Waals surface area contributed by atoms with Crippen molar-refractivity contribution in [3.63, 3.8) is 0 Å². The lowest BCUT2D eigenvalue weighted by molar-refractivity contribution is 0.108. The van der Waals surface area contributed by atoms with Gasteiger partial charge >= 0.3 is 6.01 Å². The Labute approximate surface area is 262 Å². The number of hydrogen-bond acceptors (Lipinski definition) is 8. The number of aromatic hydroxyl groups is 1. The smallest absolute Gasteiger partial charge is 0.319 e. The second kappa shape index (κ2) is 12.6. The van der Waals surface area contributed by atoms with Crippen molar-refractivity contribution >= 4 is 27.5 Å². The summed E-state index contributed by atoms with van der Waals surface area (Å²) in [6.07, 6.45) is 11.4. The predicted octanol–water partition coefficient (Wildman–Crippen LogP) is 6.80. The zero-order chi connectivity index (χ0) is 31.0. The number of nitrogens with zero attached hydrogens (tertiary/aromatic N) is 5. The Morgan fingerprint density at radius 2 is 1.73 bits per heavy atom. The van der Waals surface area contributed by atoms with Crippen molar-refractivity contribution in [2.45, 2.75) is 69.7 Å². The van der Waals surface area contributed by atoms with Crippen LogP contribution in [0.5, 0.6) is 11.8 Å². The molecule has 2 aromatic carbocycles. The van der Waals surface area contributed by atoms with E-state index in [1.165, 1.54) is 12.1 Å². The third-order valence-corrected chi connectivity index (χ3v) is 10.0. The highest BCUT2D eigenvalue weighted by Gasteiger charge is 2.45. The molecule has 0 aliphatic carbocycles. The second-order valence-corrected chi connectivity index (χ2v) is 12.8. The quantitative estimate of drug-likeness (QED) is 0.206. The van der Waals surface area contributed by atoms with Gasteiger partial charge in [0.2, 0.25) is 0 Å². The van der Waals surface area contributed by atoms with Gasteiger partial charge in [0.15, 0.2) is 5.82 Å². The van der Waals surface area contributed by atoms with Crippen LogP contribution in [-0.4, -0.2) is 77.0 Å². The fourth-order valence-corrected chi connectivity index (χ4v) is 7.78. The molecule has 3 saturated heterocycles. The van der Waals surface area contributed by atoms with Crippen LogP contribution < -0.4 is 9.64 Å². The number of methoxy groups -OCH3 is 1. The van der Waals surface area contributed by atoms with Crippen LogP contribution in [0.15, 0.2) is 30.5 Å². The average Bonchev–Trinajstić information content (AvgIpc) is 3.50. The van der Waals surface area contributed by atoms with Crippen LogP contribution in [0.2, 0.25) is 0 Å². The van der Waals surface area contributed by atoms with Crippen molar-refractivity contribution in [2.24, 2.45) is 0 Å². The van der Waals surface area contributed by atoms with Gasteiger partial charge in [-0.15, -0.1) is 0 Å². The highest BCUT2D eigenvalue weighted by atomic mass is 19.1. The molecule has 4 aromatic rings. The standard InChI is InChI=1S/C35H41F2N5O3/c1-44-18-6-9-25-28(36)11-10-23-19-24(43)20-26(29(23)25)31-30(37)32-27(21-38-31)33(41-14-4-2-3-5-15-41)40-34(39-32)45-22-35-12-7-16-42(35)17-8-13-35/h10-11,19-21,43H,2-9,12-18,22H2,1H3. The van der Waals surface area contributed by atoms with Gasteiger partial charge in [0.1, 0.15) is 35.2 Å². The Morgan fingerprint density at radius 1 is 0.956 bits per heavy atom. The first-order chi connectivity index (χ1) is 22.0. The molecule has 3 fully saturated rings. The average molecular weight is 618 g/mol. The van der Waals surface area contributed by atoms with Crippen LogP contribution in [-0.2, 0) is 11.2 Å². The van der Waals surface area contributed by atoms with Gasteiger partial charge in [0.05, 0.1) is 10.9 Å². The Bertz CT molecular complexity index is 1700. The van der Waals surface area contributed by atoms with Gasteiger partial charge < -0.3 is 19.5 Å². The fourth-order valence-electron chi connectivity index (χ4n) is 7.78. The fraction of sp³-hybridized carbons (Fsp3) is 0.514. The summed E-state index contributed by atoms with van der Waals surface area (Å²) in [7, 11) is 1.61. The molecule has 0 saturated carbocycles. The van der Waals surface area contributed by atoms with Crippen molar-refractivity contribution in [1.29, 1.82) is 0 Å². The lowest BCUT2D eigenvalue weighted by Gasteiger charge is -2.31. The second-order valence-electron chi connectivity index (χ2n) is 12.8. The van der Waals surface area contributed by atoms with E-state index in [2.05, 4.69) is 19.8 Å². The molecule has 1 N–H and O–H groups in total. The highest BCUT2D eigenvalue weighted by Crippen LogP contribution is 2.41. The molecule has 3 aliphatic rings. The first kappa shape index (κ1) is 30.0. The molecule has 0 bridgehead atoms. The molecule has 7 rings (SSSR count). The molecule has 0 spiro atoms. The number of aromatic nitrogens is 3. The SMILES string of the molecule is COCCCc1c(F)ccc2cc(O)cc(-c3ncc4c(N5CCCCCC5)nc(OCC56CCCN5CCC6)nc4c3F)c12. The molecular weight excluding hydrogens is 576 g/mol. The Kier molecular flexibility index (Phi) is 8.44. The monoisotopic (exact) mass is 617 g/mol. The predicted molar refractivity (Wildman–Crippen MR) is 171 cm³/mol. The van der Waals surface area contributed by atoms with Crippen LogP contribution in [0.25, 0.3) is 32.9 Å². The number of halogens is 2. The molecular formula is C35H41F2N5O3. The van der Waals surface area contributed by atoms with Gasteiger partial charge in [0.25, 0.3) is 0 Å².